The van der Waals surface area contributed by atoms with Crippen molar-refractivity contribution < 1.29 is 43.3 Å². The van der Waals surface area contributed by atoms with Crippen LogP contribution in [0.2, 0.25) is 0 Å². The maximum atomic E-state index is 14.3. The summed E-state index contributed by atoms with van der Waals surface area (Å²) in [7, 11) is 0. The third-order valence-electron chi connectivity index (χ3n) is 12.3. The molecule has 0 aliphatic carbocycles. The lowest BCUT2D eigenvalue weighted by Crippen LogP contribution is -2.66. The third kappa shape index (κ3) is 15.8. The molecule has 352 valence electrons. The first-order valence-corrected chi connectivity index (χ1v) is 23.0. The van der Waals surface area contributed by atoms with Gasteiger partial charge in [0.1, 0.15) is 29.8 Å². The Bertz CT molecular complexity index is 1840. The molecule has 16 heteroatoms. The summed E-state index contributed by atoms with van der Waals surface area (Å²) in [5, 5.41) is 23.3. The van der Waals surface area contributed by atoms with Crippen LogP contribution in [0.3, 0.4) is 0 Å². The topological polar surface area (TPSA) is 208 Å². The Morgan fingerprint density at radius 2 is 1.27 bits per heavy atom. The van der Waals surface area contributed by atoms with Crippen LogP contribution in [0.1, 0.15) is 97.1 Å². The van der Waals surface area contributed by atoms with Gasteiger partial charge in [-0.3, -0.25) is 19.2 Å². The van der Waals surface area contributed by atoms with E-state index in [0.29, 0.717) is 44.9 Å². The Kier molecular flexibility index (Phi) is 18.4. The number of ether oxygens (including phenoxy) is 2. The maximum Gasteiger partial charge on any atom is 0.407 e. The zero-order chi connectivity index (χ0) is 46.3. The van der Waals surface area contributed by atoms with E-state index in [1.807, 2.05) is 55.1 Å². The number of likely N-dealkylation sites (tertiary alicyclic amines) is 2. The smallest absolute Gasteiger partial charge is 0.407 e. The summed E-state index contributed by atoms with van der Waals surface area (Å²) < 4.78 is 10.9. The maximum absolute atomic E-state index is 14.3. The summed E-state index contributed by atoms with van der Waals surface area (Å²) in [6.07, 6.45) is 3.94. The zero-order valence-corrected chi connectivity index (χ0v) is 38.4. The van der Waals surface area contributed by atoms with E-state index in [0.717, 1.165) is 63.1 Å². The Balaban J connectivity index is 1.28. The largest absolute Gasteiger partial charge is 0.465 e. The molecule has 16 nitrogen and oxygen atoms in total. The molecule has 3 aliphatic heterocycles. The Labute approximate surface area is 378 Å². The fourth-order valence-corrected chi connectivity index (χ4v) is 8.89. The number of carboxylic acid groups (broad SMARTS) is 1. The number of carbonyl (C=O) groups excluding carboxylic acids is 5. The summed E-state index contributed by atoms with van der Waals surface area (Å²) in [6, 6.07) is 14.3. The SMILES string of the molecule is CC(C)CC(NC(=O)C(Cc1ccccc1)NC(=O)C(Cc1ccccc1)NC(=O)O)C(=O)NC(CCCCNC(=O)OC(C)(C)C)C(=O)N1CC2(CCN(C3CCOCC3)CC2)C1. The molecular formula is C48H71N7O9. The van der Waals surface area contributed by atoms with E-state index >= 15 is 0 Å². The fourth-order valence-electron chi connectivity index (χ4n) is 8.89. The quantitative estimate of drug-likeness (QED) is 0.103. The molecule has 2 aromatic carbocycles. The van der Waals surface area contributed by atoms with Gasteiger partial charge in [-0.25, -0.2) is 9.59 Å². The number of unbranched alkanes of at least 4 members (excludes halogenated alkanes) is 1. The zero-order valence-electron chi connectivity index (χ0n) is 38.4. The minimum Gasteiger partial charge on any atom is -0.465 e. The van der Waals surface area contributed by atoms with Gasteiger partial charge in [0.15, 0.2) is 0 Å². The van der Waals surface area contributed by atoms with Gasteiger partial charge in [0.2, 0.25) is 23.6 Å². The van der Waals surface area contributed by atoms with Crippen molar-refractivity contribution in [3.63, 3.8) is 0 Å². The van der Waals surface area contributed by atoms with Gasteiger partial charge in [-0.1, -0.05) is 74.5 Å². The normalized spacial score (nSPS) is 18.4. The van der Waals surface area contributed by atoms with Gasteiger partial charge in [-0.05, 0) is 102 Å². The monoisotopic (exact) mass is 890 g/mol. The lowest BCUT2D eigenvalue weighted by Gasteiger charge is -2.55. The highest BCUT2D eigenvalue weighted by Crippen LogP contribution is 2.41. The molecule has 1 spiro atoms. The molecule has 3 aliphatic rings. The highest BCUT2D eigenvalue weighted by molar-refractivity contribution is 5.95. The van der Waals surface area contributed by atoms with Crippen LogP contribution in [0, 0.1) is 11.3 Å². The van der Waals surface area contributed by atoms with Crippen LogP contribution in [0.5, 0.6) is 0 Å². The minimum atomic E-state index is -1.39. The summed E-state index contributed by atoms with van der Waals surface area (Å²) >= 11 is 0. The van der Waals surface area contributed by atoms with Crippen LogP contribution in [-0.2, 0) is 41.5 Å². The molecule has 0 aromatic heterocycles. The van der Waals surface area contributed by atoms with Crippen molar-refractivity contribution in [1.82, 2.24) is 36.4 Å². The molecular weight excluding hydrogens is 819 g/mol. The van der Waals surface area contributed by atoms with Gasteiger partial charge in [0.05, 0.1) is 0 Å². The number of amides is 6. The second-order valence-electron chi connectivity index (χ2n) is 19.2. The van der Waals surface area contributed by atoms with Crippen LogP contribution in [0.25, 0.3) is 0 Å². The van der Waals surface area contributed by atoms with Crippen molar-refractivity contribution in [2.75, 3.05) is 45.9 Å². The molecule has 3 saturated heterocycles. The molecule has 0 radical (unpaired) electrons. The number of alkyl carbamates (subject to hydrolysis) is 1. The van der Waals surface area contributed by atoms with E-state index in [-0.39, 0.29) is 36.5 Å². The Morgan fingerprint density at radius 1 is 0.750 bits per heavy atom. The first-order chi connectivity index (χ1) is 30.5. The lowest BCUT2D eigenvalue weighted by molar-refractivity contribution is -0.151. The van der Waals surface area contributed by atoms with Gasteiger partial charge < -0.3 is 51.0 Å². The molecule has 5 rings (SSSR count). The number of rotatable bonds is 20. The highest BCUT2D eigenvalue weighted by Gasteiger charge is 2.48. The number of nitrogens with zero attached hydrogens (tertiary/aromatic N) is 2. The first kappa shape index (κ1) is 49.8. The number of hydrogen-bond donors (Lipinski definition) is 6. The van der Waals surface area contributed by atoms with Crippen molar-refractivity contribution in [3.05, 3.63) is 71.8 Å². The number of benzene rings is 2. The lowest BCUT2D eigenvalue weighted by atomic mass is 9.71. The van der Waals surface area contributed by atoms with E-state index in [4.69, 9.17) is 9.47 Å². The standard InChI is InChI=1S/C48H71N7O9/c1-33(2)28-38(51-42(57)39(29-34-14-8-6-9-15-34)52-43(58)40(53-45(60)61)30-35-16-10-7-11-17-35)41(56)50-37(18-12-13-23-49-46(62)64-47(3,4)5)44(59)55-31-48(32-55)21-24-54(25-22-48)36-19-26-63-27-20-36/h6-11,14-17,33,36-40,53H,12-13,18-32H2,1-5H3,(H,49,62)(H,50,56)(H,51,57)(H,52,58)(H,60,61). The van der Waals surface area contributed by atoms with Crippen molar-refractivity contribution in [3.8, 4) is 0 Å². The number of carbonyl (C=O) groups is 6. The number of piperidine rings is 1. The Morgan fingerprint density at radius 3 is 1.80 bits per heavy atom. The van der Waals surface area contributed by atoms with E-state index in [2.05, 4.69) is 31.5 Å². The minimum absolute atomic E-state index is 0.0384. The van der Waals surface area contributed by atoms with Crippen LogP contribution >= 0.6 is 0 Å². The molecule has 2 aromatic rings. The van der Waals surface area contributed by atoms with E-state index in [1.165, 1.54) is 0 Å². The van der Waals surface area contributed by atoms with Crippen LogP contribution < -0.4 is 26.6 Å². The highest BCUT2D eigenvalue weighted by atomic mass is 16.6. The van der Waals surface area contributed by atoms with Gasteiger partial charge in [0.25, 0.3) is 0 Å². The molecule has 4 atom stereocenters. The molecule has 0 bridgehead atoms. The van der Waals surface area contributed by atoms with Crippen molar-refractivity contribution in [2.24, 2.45) is 11.3 Å². The van der Waals surface area contributed by atoms with Crippen molar-refractivity contribution in [2.45, 2.75) is 135 Å². The third-order valence-corrected chi connectivity index (χ3v) is 12.3. The van der Waals surface area contributed by atoms with Crippen molar-refractivity contribution in [1.29, 1.82) is 0 Å². The molecule has 3 fully saturated rings. The summed E-state index contributed by atoms with van der Waals surface area (Å²) in [5.41, 5.74) is 0.878. The molecule has 64 heavy (non-hydrogen) atoms. The average Bonchev–Trinajstić information content (AvgIpc) is 3.24. The van der Waals surface area contributed by atoms with E-state index in [1.54, 1.807) is 45.0 Å². The van der Waals surface area contributed by atoms with Crippen LogP contribution in [0.4, 0.5) is 9.59 Å². The molecule has 4 unspecified atom stereocenters. The predicted molar refractivity (Wildman–Crippen MR) is 242 cm³/mol. The second-order valence-corrected chi connectivity index (χ2v) is 19.2. The molecule has 6 amide bonds. The van der Waals surface area contributed by atoms with Gasteiger partial charge in [0, 0.05) is 57.1 Å². The van der Waals surface area contributed by atoms with E-state index in [9.17, 15) is 33.9 Å². The predicted octanol–water partition coefficient (Wildman–Crippen LogP) is 4.41. The molecule has 0 saturated carbocycles. The molecule has 6 N–H and O–H groups in total. The first-order valence-electron chi connectivity index (χ1n) is 23.0. The average molecular weight is 890 g/mol. The summed E-state index contributed by atoms with van der Waals surface area (Å²) in [6.45, 7) is 14.4. The Hall–Kier alpha value is -5.22. The van der Waals surface area contributed by atoms with Crippen LogP contribution in [-0.4, -0.2) is 132 Å². The second kappa shape index (κ2) is 23.6. The van der Waals surface area contributed by atoms with E-state index < -0.39 is 59.7 Å². The van der Waals surface area contributed by atoms with Gasteiger partial charge >= 0.3 is 12.2 Å². The van der Waals surface area contributed by atoms with Gasteiger partial charge in [-0.15, -0.1) is 0 Å². The molecule has 3 heterocycles. The summed E-state index contributed by atoms with van der Waals surface area (Å²) in [5.74, 6) is -2.06. The van der Waals surface area contributed by atoms with Crippen LogP contribution in [0.15, 0.2) is 60.7 Å². The number of hydrogen-bond acceptors (Lipinski definition) is 9. The fraction of sp³-hybridized carbons (Fsp3) is 0.625. The van der Waals surface area contributed by atoms with Crippen molar-refractivity contribution >= 4 is 35.8 Å². The number of nitrogens with one attached hydrogen (secondary N) is 5. The summed E-state index contributed by atoms with van der Waals surface area (Å²) in [4.78, 5) is 85.2. The van der Waals surface area contributed by atoms with Gasteiger partial charge in [-0.2, -0.15) is 0 Å².